The van der Waals surface area contributed by atoms with Crippen molar-refractivity contribution in [3.8, 4) is 17.2 Å². The fourth-order valence-corrected chi connectivity index (χ4v) is 2.05. The third-order valence-corrected chi connectivity index (χ3v) is 3.25. The molecular formula is C15H12ClF3O2. The molecule has 2 rings (SSSR count). The number of halogens is 4. The molecule has 2 aromatic carbocycles. The first kappa shape index (κ1) is 15.5. The van der Waals surface area contributed by atoms with Gasteiger partial charge in [-0.1, -0.05) is 24.6 Å². The molecule has 112 valence electrons. The number of phenols is 1. The van der Waals surface area contributed by atoms with Crippen LogP contribution in [0.15, 0.2) is 36.4 Å². The molecule has 0 aliphatic carbocycles. The monoisotopic (exact) mass is 316 g/mol. The second-order valence-corrected chi connectivity index (χ2v) is 4.79. The molecule has 0 unspecified atom stereocenters. The van der Waals surface area contributed by atoms with Crippen molar-refractivity contribution in [2.24, 2.45) is 0 Å². The maximum absolute atomic E-state index is 12.8. The minimum absolute atomic E-state index is 0.00428. The normalized spacial score (nSPS) is 11.5. The maximum atomic E-state index is 12.8. The second-order valence-electron chi connectivity index (χ2n) is 4.39. The predicted octanol–water partition coefficient (Wildman–Crippen LogP) is 5.42. The Labute approximate surface area is 124 Å². The van der Waals surface area contributed by atoms with Crippen molar-refractivity contribution in [2.45, 2.75) is 19.5 Å². The first-order valence-corrected chi connectivity index (χ1v) is 6.55. The summed E-state index contributed by atoms with van der Waals surface area (Å²) in [4.78, 5) is 0. The van der Waals surface area contributed by atoms with Crippen LogP contribution in [-0.2, 0) is 12.6 Å². The molecule has 0 amide bonds. The number of benzene rings is 2. The van der Waals surface area contributed by atoms with E-state index in [1.165, 1.54) is 12.1 Å². The van der Waals surface area contributed by atoms with E-state index in [0.717, 1.165) is 17.7 Å². The Kier molecular flexibility index (Phi) is 4.32. The van der Waals surface area contributed by atoms with Gasteiger partial charge in [-0.05, 0) is 36.2 Å². The van der Waals surface area contributed by atoms with Crippen LogP contribution in [0.1, 0.15) is 18.1 Å². The quantitative estimate of drug-likeness (QED) is 0.819. The smallest absolute Gasteiger partial charge is 0.417 e. The molecule has 2 aromatic rings. The highest BCUT2D eigenvalue weighted by Gasteiger charge is 2.33. The van der Waals surface area contributed by atoms with E-state index in [4.69, 9.17) is 16.3 Å². The Morgan fingerprint density at radius 3 is 2.29 bits per heavy atom. The van der Waals surface area contributed by atoms with Crippen molar-refractivity contribution in [3.05, 3.63) is 52.5 Å². The van der Waals surface area contributed by atoms with Gasteiger partial charge in [-0.25, -0.2) is 0 Å². The van der Waals surface area contributed by atoms with E-state index in [2.05, 4.69) is 0 Å². The Morgan fingerprint density at radius 1 is 1.10 bits per heavy atom. The van der Waals surface area contributed by atoms with E-state index >= 15 is 0 Å². The molecule has 1 N–H and O–H groups in total. The van der Waals surface area contributed by atoms with Crippen LogP contribution in [0.4, 0.5) is 13.2 Å². The number of alkyl halides is 3. The predicted molar refractivity (Wildman–Crippen MR) is 74.0 cm³/mol. The van der Waals surface area contributed by atoms with E-state index in [9.17, 15) is 18.3 Å². The number of aryl methyl sites for hydroxylation is 1. The highest BCUT2D eigenvalue weighted by molar-refractivity contribution is 6.31. The zero-order valence-corrected chi connectivity index (χ0v) is 11.8. The highest BCUT2D eigenvalue weighted by atomic mass is 35.5. The Balaban J connectivity index is 2.30. The Hall–Kier alpha value is -1.88. The van der Waals surface area contributed by atoms with Crippen LogP contribution >= 0.6 is 11.6 Å². The van der Waals surface area contributed by atoms with Gasteiger partial charge in [0.2, 0.25) is 0 Å². The van der Waals surface area contributed by atoms with E-state index in [1.807, 2.05) is 6.92 Å². The van der Waals surface area contributed by atoms with Gasteiger partial charge in [0.05, 0.1) is 10.6 Å². The van der Waals surface area contributed by atoms with Gasteiger partial charge in [-0.15, -0.1) is 0 Å². The topological polar surface area (TPSA) is 29.5 Å². The van der Waals surface area contributed by atoms with Crippen LogP contribution in [0.3, 0.4) is 0 Å². The van der Waals surface area contributed by atoms with Gasteiger partial charge in [0.25, 0.3) is 0 Å². The lowest BCUT2D eigenvalue weighted by molar-refractivity contribution is -0.137. The summed E-state index contributed by atoms with van der Waals surface area (Å²) < 4.78 is 43.6. The fourth-order valence-electron chi connectivity index (χ4n) is 1.83. The van der Waals surface area contributed by atoms with E-state index in [0.29, 0.717) is 6.42 Å². The summed E-state index contributed by atoms with van der Waals surface area (Å²) in [5.74, 6) is 0.288. The summed E-state index contributed by atoms with van der Waals surface area (Å²) in [7, 11) is 0. The van der Waals surface area contributed by atoms with Crippen LogP contribution in [-0.4, -0.2) is 5.11 Å². The number of rotatable bonds is 3. The number of hydrogen-bond donors (Lipinski definition) is 1. The first-order valence-electron chi connectivity index (χ1n) is 6.17. The van der Waals surface area contributed by atoms with Crippen LogP contribution in [0.5, 0.6) is 17.2 Å². The molecule has 0 saturated carbocycles. The lowest BCUT2D eigenvalue weighted by Gasteiger charge is -2.12. The van der Waals surface area contributed by atoms with Crippen molar-refractivity contribution < 1.29 is 23.0 Å². The molecule has 0 spiro atoms. The van der Waals surface area contributed by atoms with Crippen molar-refractivity contribution in [1.82, 2.24) is 0 Å². The van der Waals surface area contributed by atoms with Gasteiger partial charge < -0.3 is 9.84 Å². The summed E-state index contributed by atoms with van der Waals surface area (Å²) in [6, 6.07) is 7.89. The molecule has 0 heterocycles. The van der Waals surface area contributed by atoms with Crippen molar-refractivity contribution >= 4 is 11.6 Å². The summed E-state index contributed by atoms with van der Waals surface area (Å²) >= 11 is 5.53. The minimum Gasteiger partial charge on any atom is -0.508 e. The van der Waals surface area contributed by atoms with Gasteiger partial charge in [-0.3, -0.25) is 0 Å². The van der Waals surface area contributed by atoms with Crippen molar-refractivity contribution in [3.63, 3.8) is 0 Å². The molecule has 0 aromatic heterocycles. The molecule has 0 saturated heterocycles. The largest absolute Gasteiger partial charge is 0.508 e. The van der Waals surface area contributed by atoms with Gasteiger partial charge in [0.1, 0.15) is 17.2 Å². The molecule has 0 aliphatic heterocycles. The van der Waals surface area contributed by atoms with Crippen molar-refractivity contribution in [1.29, 1.82) is 0 Å². The van der Waals surface area contributed by atoms with E-state index < -0.39 is 11.7 Å². The SMILES string of the molecule is CCc1ccc(Oc2ccc(Cl)c(C(F)(F)F)c2)cc1O. The lowest BCUT2D eigenvalue weighted by atomic mass is 10.1. The molecule has 0 fully saturated rings. The number of hydrogen-bond acceptors (Lipinski definition) is 2. The minimum atomic E-state index is -4.55. The Bertz CT molecular complexity index is 654. The summed E-state index contributed by atoms with van der Waals surface area (Å²) in [6.45, 7) is 1.88. The highest BCUT2D eigenvalue weighted by Crippen LogP contribution is 2.38. The lowest BCUT2D eigenvalue weighted by Crippen LogP contribution is -2.05. The van der Waals surface area contributed by atoms with Gasteiger partial charge in [-0.2, -0.15) is 13.2 Å². The first-order chi connectivity index (χ1) is 9.81. The fraction of sp³-hybridized carbons (Fsp3) is 0.200. The number of phenolic OH excluding ortho intramolecular Hbond substituents is 1. The zero-order valence-electron chi connectivity index (χ0n) is 11.0. The maximum Gasteiger partial charge on any atom is 0.417 e. The van der Waals surface area contributed by atoms with Crippen LogP contribution in [0, 0.1) is 0 Å². The molecule has 6 heteroatoms. The summed E-state index contributed by atoms with van der Waals surface area (Å²) in [5, 5.41) is 9.33. The number of ether oxygens (including phenoxy) is 1. The van der Waals surface area contributed by atoms with Gasteiger partial charge in [0, 0.05) is 6.07 Å². The summed E-state index contributed by atoms with van der Waals surface area (Å²) in [6.07, 6.45) is -3.91. The summed E-state index contributed by atoms with van der Waals surface area (Å²) in [5.41, 5.74) is -0.231. The van der Waals surface area contributed by atoms with Crippen LogP contribution < -0.4 is 4.74 Å². The number of aromatic hydroxyl groups is 1. The van der Waals surface area contributed by atoms with Gasteiger partial charge in [0.15, 0.2) is 0 Å². The molecule has 0 aliphatic rings. The van der Waals surface area contributed by atoms with Crippen LogP contribution in [0.25, 0.3) is 0 Å². The molecule has 0 atom stereocenters. The van der Waals surface area contributed by atoms with Crippen molar-refractivity contribution in [2.75, 3.05) is 0 Å². The molecule has 0 radical (unpaired) electrons. The zero-order chi connectivity index (χ0) is 15.6. The average molecular weight is 317 g/mol. The molecule has 0 bridgehead atoms. The third kappa shape index (κ3) is 3.61. The third-order valence-electron chi connectivity index (χ3n) is 2.92. The molecular weight excluding hydrogens is 305 g/mol. The van der Waals surface area contributed by atoms with E-state index in [-0.39, 0.29) is 22.3 Å². The van der Waals surface area contributed by atoms with Crippen LogP contribution in [0.2, 0.25) is 5.02 Å². The molecule has 21 heavy (non-hydrogen) atoms. The standard InChI is InChI=1S/C15H12ClF3O2/c1-2-9-3-4-11(8-14(9)20)21-10-5-6-13(16)12(7-10)15(17,18)19/h3-8,20H,2H2,1H3. The second kappa shape index (κ2) is 5.85. The van der Waals surface area contributed by atoms with E-state index in [1.54, 1.807) is 12.1 Å². The average Bonchev–Trinajstić information content (AvgIpc) is 2.40. The Morgan fingerprint density at radius 2 is 1.71 bits per heavy atom. The molecule has 2 nitrogen and oxygen atoms in total. The van der Waals surface area contributed by atoms with Gasteiger partial charge >= 0.3 is 6.18 Å².